The van der Waals surface area contributed by atoms with Gasteiger partial charge in [-0.2, -0.15) is 0 Å². The van der Waals surface area contributed by atoms with Crippen molar-refractivity contribution in [2.75, 3.05) is 13.1 Å². The Morgan fingerprint density at radius 1 is 1.31 bits per heavy atom. The zero-order valence-electron chi connectivity index (χ0n) is 10.2. The number of likely N-dealkylation sites (tertiary alicyclic amines) is 1. The Bertz CT molecular complexity index is 306. The zero-order valence-corrected chi connectivity index (χ0v) is 10.2. The van der Waals surface area contributed by atoms with Gasteiger partial charge in [-0.1, -0.05) is 5.57 Å². The highest BCUT2D eigenvalue weighted by Gasteiger charge is 2.22. The zero-order chi connectivity index (χ0) is 12.1. The van der Waals surface area contributed by atoms with Crippen molar-refractivity contribution in [2.45, 2.75) is 39.7 Å². The third-order valence-electron chi connectivity index (χ3n) is 2.55. The molecule has 90 valence electrons. The lowest BCUT2D eigenvalue weighted by Crippen LogP contribution is -2.48. The maximum atomic E-state index is 11.8. The molecule has 0 aromatic heterocycles. The summed E-state index contributed by atoms with van der Waals surface area (Å²) in [7, 11) is 0. The fourth-order valence-corrected chi connectivity index (χ4v) is 1.92. The topological polar surface area (TPSA) is 49.4 Å². The van der Waals surface area contributed by atoms with Crippen LogP contribution in [0, 0.1) is 0 Å². The molecule has 2 amide bonds. The fraction of sp³-hybridized carbons (Fsp3) is 0.667. The van der Waals surface area contributed by atoms with Crippen LogP contribution < -0.4 is 5.32 Å². The van der Waals surface area contributed by atoms with Gasteiger partial charge in [0.05, 0.1) is 0 Å². The first-order valence-electron chi connectivity index (χ1n) is 5.70. The van der Waals surface area contributed by atoms with Crippen LogP contribution in [0.25, 0.3) is 0 Å². The van der Waals surface area contributed by atoms with Gasteiger partial charge in [-0.15, -0.1) is 0 Å². The van der Waals surface area contributed by atoms with Crippen LogP contribution in [0.5, 0.6) is 0 Å². The van der Waals surface area contributed by atoms with Crippen LogP contribution in [0.15, 0.2) is 11.6 Å². The van der Waals surface area contributed by atoms with Gasteiger partial charge in [0.1, 0.15) is 0 Å². The van der Waals surface area contributed by atoms with E-state index in [-0.39, 0.29) is 17.9 Å². The van der Waals surface area contributed by atoms with Gasteiger partial charge < -0.3 is 10.2 Å². The molecule has 1 rings (SSSR count). The van der Waals surface area contributed by atoms with E-state index in [9.17, 15) is 9.59 Å². The average Bonchev–Trinajstić information content (AvgIpc) is 2.16. The molecule has 0 aromatic carbocycles. The quantitative estimate of drug-likeness (QED) is 0.713. The van der Waals surface area contributed by atoms with Crippen LogP contribution in [0.2, 0.25) is 0 Å². The molecular weight excluding hydrogens is 204 g/mol. The third-order valence-corrected chi connectivity index (χ3v) is 2.55. The Morgan fingerprint density at radius 2 is 2.00 bits per heavy atom. The predicted octanol–water partition coefficient (Wildman–Crippen LogP) is 1.08. The molecule has 1 heterocycles. The minimum absolute atomic E-state index is 0.0264. The van der Waals surface area contributed by atoms with E-state index in [0.29, 0.717) is 6.54 Å². The van der Waals surface area contributed by atoms with Gasteiger partial charge in [-0.3, -0.25) is 9.59 Å². The molecule has 1 atom stereocenters. The van der Waals surface area contributed by atoms with Crippen LogP contribution >= 0.6 is 0 Å². The van der Waals surface area contributed by atoms with Crippen molar-refractivity contribution in [1.29, 1.82) is 0 Å². The lowest BCUT2D eigenvalue weighted by atomic mass is 10.1. The average molecular weight is 224 g/mol. The van der Waals surface area contributed by atoms with E-state index in [4.69, 9.17) is 0 Å². The maximum Gasteiger partial charge on any atom is 0.246 e. The van der Waals surface area contributed by atoms with Crippen molar-refractivity contribution in [3.05, 3.63) is 11.6 Å². The second kappa shape index (κ2) is 5.68. The summed E-state index contributed by atoms with van der Waals surface area (Å²) in [6, 6.07) is 0.112. The van der Waals surface area contributed by atoms with Crippen molar-refractivity contribution >= 4 is 11.8 Å². The van der Waals surface area contributed by atoms with E-state index >= 15 is 0 Å². The van der Waals surface area contributed by atoms with Gasteiger partial charge in [0.2, 0.25) is 11.8 Å². The molecule has 4 nitrogen and oxygen atoms in total. The highest BCUT2D eigenvalue weighted by Crippen LogP contribution is 2.11. The number of rotatable bonds is 2. The number of hydrogen-bond acceptors (Lipinski definition) is 2. The number of nitrogens with one attached hydrogen (secondary N) is 1. The first kappa shape index (κ1) is 12.7. The number of piperidine rings is 1. The van der Waals surface area contributed by atoms with Crippen molar-refractivity contribution in [2.24, 2.45) is 0 Å². The molecule has 1 unspecified atom stereocenters. The summed E-state index contributed by atoms with van der Waals surface area (Å²) < 4.78 is 0. The molecule has 0 aromatic rings. The van der Waals surface area contributed by atoms with E-state index in [1.165, 1.54) is 6.92 Å². The standard InChI is InChI=1S/C12H20N2O2/c1-9(2)7-12(16)14-6-4-5-11(8-14)13-10(3)15/h7,11H,4-6,8H2,1-3H3,(H,13,15). The molecule has 4 heteroatoms. The highest BCUT2D eigenvalue weighted by atomic mass is 16.2. The van der Waals surface area contributed by atoms with Crippen LogP contribution in [0.4, 0.5) is 0 Å². The summed E-state index contributed by atoms with van der Waals surface area (Å²) in [4.78, 5) is 24.5. The lowest BCUT2D eigenvalue weighted by Gasteiger charge is -2.32. The largest absolute Gasteiger partial charge is 0.352 e. The normalized spacial score (nSPS) is 20.2. The Balaban J connectivity index is 2.53. The third kappa shape index (κ3) is 4.04. The number of nitrogens with zero attached hydrogens (tertiary/aromatic N) is 1. The molecule has 0 radical (unpaired) electrons. The summed E-state index contributed by atoms with van der Waals surface area (Å²) in [6.07, 6.45) is 3.56. The summed E-state index contributed by atoms with van der Waals surface area (Å²) >= 11 is 0. The van der Waals surface area contributed by atoms with Crippen LogP contribution in [-0.2, 0) is 9.59 Å². The number of allylic oxidation sites excluding steroid dienone is 1. The summed E-state index contributed by atoms with van der Waals surface area (Å²) in [5.74, 6) is 0.0246. The predicted molar refractivity (Wildman–Crippen MR) is 62.8 cm³/mol. The Morgan fingerprint density at radius 3 is 2.56 bits per heavy atom. The van der Waals surface area contributed by atoms with E-state index in [1.807, 2.05) is 13.8 Å². The Labute approximate surface area is 96.7 Å². The van der Waals surface area contributed by atoms with E-state index in [0.717, 1.165) is 25.0 Å². The molecule has 0 spiro atoms. The van der Waals surface area contributed by atoms with Crippen LogP contribution in [0.3, 0.4) is 0 Å². The molecule has 1 saturated heterocycles. The lowest BCUT2D eigenvalue weighted by molar-refractivity contribution is -0.128. The Hall–Kier alpha value is -1.32. The van der Waals surface area contributed by atoms with Gasteiger partial charge in [0, 0.05) is 32.1 Å². The second-order valence-corrected chi connectivity index (χ2v) is 4.55. The van der Waals surface area contributed by atoms with Gasteiger partial charge >= 0.3 is 0 Å². The highest BCUT2D eigenvalue weighted by molar-refractivity contribution is 5.88. The SMILES string of the molecule is CC(=O)NC1CCCN(C(=O)C=C(C)C)C1. The second-order valence-electron chi connectivity index (χ2n) is 4.55. The van der Waals surface area contributed by atoms with Gasteiger partial charge in [0.15, 0.2) is 0 Å². The number of carbonyl (C=O) groups excluding carboxylic acids is 2. The minimum Gasteiger partial charge on any atom is -0.352 e. The molecule has 1 N–H and O–H groups in total. The van der Waals surface area contributed by atoms with E-state index in [2.05, 4.69) is 5.32 Å². The van der Waals surface area contributed by atoms with E-state index in [1.54, 1.807) is 11.0 Å². The first-order chi connectivity index (χ1) is 7.49. The van der Waals surface area contributed by atoms with E-state index < -0.39 is 0 Å². The monoisotopic (exact) mass is 224 g/mol. The molecule has 1 aliphatic heterocycles. The van der Waals surface area contributed by atoms with Gasteiger partial charge in [-0.25, -0.2) is 0 Å². The molecule has 0 bridgehead atoms. The summed E-state index contributed by atoms with van der Waals surface area (Å²) in [5, 5.41) is 2.87. The van der Waals surface area contributed by atoms with Crippen molar-refractivity contribution in [1.82, 2.24) is 10.2 Å². The molecule has 0 aliphatic carbocycles. The number of amides is 2. The maximum absolute atomic E-state index is 11.8. The molecule has 16 heavy (non-hydrogen) atoms. The molecule has 0 saturated carbocycles. The summed E-state index contributed by atoms with van der Waals surface area (Å²) in [5.41, 5.74) is 1.01. The smallest absolute Gasteiger partial charge is 0.246 e. The molecular formula is C12H20N2O2. The van der Waals surface area contributed by atoms with Crippen LogP contribution in [0.1, 0.15) is 33.6 Å². The van der Waals surface area contributed by atoms with Crippen molar-refractivity contribution in [3.8, 4) is 0 Å². The summed E-state index contributed by atoms with van der Waals surface area (Å²) in [6.45, 7) is 6.75. The molecule has 1 aliphatic rings. The van der Waals surface area contributed by atoms with Crippen molar-refractivity contribution in [3.63, 3.8) is 0 Å². The number of hydrogen-bond donors (Lipinski definition) is 1. The van der Waals surface area contributed by atoms with Gasteiger partial charge in [-0.05, 0) is 26.7 Å². The number of carbonyl (C=O) groups is 2. The van der Waals surface area contributed by atoms with Gasteiger partial charge in [0.25, 0.3) is 0 Å². The van der Waals surface area contributed by atoms with Crippen LogP contribution in [-0.4, -0.2) is 35.8 Å². The fourth-order valence-electron chi connectivity index (χ4n) is 1.92. The first-order valence-corrected chi connectivity index (χ1v) is 5.70. The minimum atomic E-state index is -0.0264. The Kier molecular flexibility index (Phi) is 4.52. The molecule has 1 fully saturated rings. The van der Waals surface area contributed by atoms with Crippen molar-refractivity contribution < 1.29 is 9.59 Å².